The number of rotatable bonds is 5. The predicted molar refractivity (Wildman–Crippen MR) is 88.1 cm³/mol. The number of primary amides is 1. The first-order valence-corrected chi connectivity index (χ1v) is 8.86. The second-order valence-electron chi connectivity index (χ2n) is 8.41. The van der Waals surface area contributed by atoms with Gasteiger partial charge in [0.15, 0.2) is 0 Å². The van der Waals surface area contributed by atoms with E-state index in [4.69, 9.17) is 5.73 Å². The molecule has 4 heteroatoms. The normalized spacial score (nSPS) is 23.4. The number of carbonyl (C=O) groups is 2. The highest BCUT2D eigenvalue weighted by atomic mass is 16.2. The first kappa shape index (κ1) is 17.3. The highest BCUT2D eigenvalue weighted by molar-refractivity contribution is 5.90. The Balaban J connectivity index is 2.23. The standard InChI is InChI=1S/C18H32N2O2/c1-17(2,3)20-15(21)14(12-13-8-7-9-13)18(16(19)22)10-5-4-6-11-18/h13-14H,4-12H2,1-3H3,(H2,19,22)(H,20,21)/t14-/m0/s1. The molecular weight excluding hydrogens is 276 g/mol. The fourth-order valence-electron chi connectivity index (χ4n) is 4.05. The third-order valence-electron chi connectivity index (χ3n) is 5.51. The molecular formula is C18H32N2O2. The van der Waals surface area contributed by atoms with Crippen LogP contribution >= 0.6 is 0 Å². The molecule has 2 amide bonds. The molecule has 4 nitrogen and oxygen atoms in total. The van der Waals surface area contributed by atoms with E-state index in [1.165, 1.54) is 19.3 Å². The van der Waals surface area contributed by atoms with Gasteiger partial charge in [-0.15, -0.1) is 0 Å². The summed E-state index contributed by atoms with van der Waals surface area (Å²) in [6.07, 6.45) is 9.16. The summed E-state index contributed by atoms with van der Waals surface area (Å²) in [5.74, 6) is 0.101. The van der Waals surface area contributed by atoms with Crippen molar-refractivity contribution in [3.8, 4) is 0 Å². The third kappa shape index (κ3) is 3.82. The van der Waals surface area contributed by atoms with Crippen LogP contribution in [0.1, 0.15) is 78.6 Å². The average Bonchev–Trinajstić information content (AvgIpc) is 2.35. The molecule has 0 saturated heterocycles. The van der Waals surface area contributed by atoms with E-state index >= 15 is 0 Å². The molecule has 2 saturated carbocycles. The van der Waals surface area contributed by atoms with Crippen molar-refractivity contribution in [1.29, 1.82) is 0 Å². The van der Waals surface area contributed by atoms with Gasteiger partial charge in [0.25, 0.3) is 0 Å². The SMILES string of the molecule is CC(C)(C)NC(=O)[C@H](CC1CCC1)C1(C(N)=O)CCCCC1. The number of nitrogens with one attached hydrogen (secondary N) is 1. The van der Waals surface area contributed by atoms with E-state index in [9.17, 15) is 9.59 Å². The highest BCUT2D eigenvalue weighted by Gasteiger charge is 2.49. The van der Waals surface area contributed by atoms with E-state index in [2.05, 4.69) is 5.32 Å². The minimum Gasteiger partial charge on any atom is -0.369 e. The smallest absolute Gasteiger partial charge is 0.224 e. The monoisotopic (exact) mass is 308 g/mol. The number of hydrogen-bond donors (Lipinski definition) is 2. The molecule has 2 rings (SSSR count). The molecule has 0 bridgehead atoms. The van der Waals surface area contributed by atoms with Gasteiger partial charge >= 0.3 is 0 Å². The van der Waals surface area contributed by atoms with Crippen molar-refractivity contribution in [3.63, 3.8) is 0 Å². The number of nitrogens with two attached hydrogens (primary N) is 1. The maximum atomic E-state index is 12.9. The Hall–Kier alpha value is -1.06. The highest BCUT2D eigenvalue weighted by Crippen LogP contribution is 2.47. The van der Waals surface area contributed by atoms with E-state index in [0.29, 0.717) is 5.92 Å². The van der Waals surface area contributed by atoms with Crippen LogP contribution in [0.4, 0.5) is 0 Å². The van der Waals surface area contributed by atoms with Gasteiger partial charge < -0.3 is 11.1 Å². The Morgan fingerprint density at radius 3 is 2.14 bits per heavy atom. The molecule has 126 valence electrons. The first-order valence-electron chi connectivity index (χ1n) is 8.86. The van der Waals surface area contributed by atoms with Gasteiger partial charge in [0.05, 0.1) is 11.3 Å². The molecule has 0 aromatic carbocycles. The minimum atomic E-state index is -0.622. The second kappa shape index (κ2) is 6.59. The van der Waals surface area contributed by atoms with Crippen LogP contribution in [0.2, 0.25) is 0 Å². The third-order valence-corrected chi connectivity index (χ3v) is 5.51. The van der Waals surface area contributed by atoms with Gasteiger partial charge in [0, 0.05) is 5.54 Å². The van der Waals surface area contributed by atoms with Crippen LogP contribution in [-0.2, 0) is 9.59 Å². The predicted octanol–water partition coefficient (Wildman–Crippen LogP) is 3.14. The van der Waals surface area contributed by atoms with Crippen LogP contribution in [0.15, 0.2) is 0 Å². The van der Waals surface area contributed by atoms with Gasteiger partial charge in [-0.3, -0.25) is 9.59 Å². The molecule has 0 radical (unpaired) electrons. The zero-order valence-corrected chi connectivity index (χ0v) is 14.4. The van der Waals surface area contributed by atoms with Gasteiger partial charge in [-0.1, -0.05) is 38.5 Å². The van der Waals surface area contributed by atoms with Crippen molar-refractivity contribution < 1.29 is 9.59 Å². The number of hydrogen-bond acceptors (Lipinski definition) is 2. The fraction of sp³-hybridized carbons (Fsp3) is 0.889. The molecule has 0 aromatic rings. The molecule has 2 fully saturated rings. The fourth-order valence-corrected chi connectivity index (χ4v) is 4.05. The summed E-state index contributed by atoms with van der Waals surface area (Å²) in [6, 6.07) is 0. The largest absolute Gasteiger partial charge is 0.369 e. The Morgan fingerprint density at radius 2 is 1.73 bits per heavy atom. The summed E-state index contributed by atoms with van der Waals surface area (Å²) in [6.45, 7) is 5.97. The van der Waals surface area contributed by atoms with Crippen LogP contribution < -0.4 is 11.1 Å². The molecule has 0 unspecified atom stereocenters. The lowest BCUT2D eigenvalue weighted by Crippen LogP contribution is -2.54. The molecule has 0 heterocycles. The van der Waals surface area contributed by atoms with Crippen LogP contribution in [0, 0.1) is 17.3 Å². The minimum absolute atomic E-state index is 0.0279. The van der Waals surface area contributed by atoms with Crippen molar-refractivity contribution in [2.45, 2.75) is 84.1 Å². The first-order chi connectivity index (χ1) is 10.2. The molecule has 0 aromatic heterocycles. The van der Waals surface area contributed by atoms with Crippen LogP contribution in [-0.4, -0.2) is 17.4 Å². The molecule has 0 spiro atoms. The van der Waals surface area contributed by atoms with E-state index in [1.807, 2.05) is 20.8 Å². The van der Waals surface area contributed by atoms with Gasteiger partial charge in [0.1, 0.15) is 0 Å². The number of amides is 2. The van der Waals surface area contributed by atoms with E-state index in [-0.39, 0.29) is 23.3 Å². The average molecular weight is 308 g/mol. The second-order valence-corrected chi connectivity index (χ2v) is 8.41. The quantitative estimate of drug-likeness (QED) is 0.819. The van der Waals surface area contributed by atoms with Gasteiger partial charge in [0.2, 0.25) is 11.8 Å². The van der Waals surface area contributed by atoms with Crippen molar-refractivity contribution in [3.05, 3.63) is 0 Å². The van der Waals surface area contributed by atoms with Crippen molar-refractivity contribution in [2.75, 3.05) is 0 Å². The van der Waals surface area contributed by atoms with Gasteiger partial charge in [-0.25, -0.2) is 0 Å². The summed E-state index contributed by atoms with van der Waals surface area (Å²) in [4.78, 5) is 25.2. The van der Waals surface area contributed by atoms with E-state index < -0.39 is 5.41 Å². The lowest BCUT2D eigenvalue weighted by molar-refractivity contribution is -0.145. The maximum Gasteiger partial charge on any atom is 0.224 e. The van der Waals surface area contributed by atoms with Crippen LogP contribution in [0.5, 0.6) is 0 Å². The zero-order valence-electron chi connectivity index (χ0n) is 14.4. The summed E-state index contributed by atoms with van der Waals surface area (Å²) >= 11 is 0. The lowest BCUT2D eigenvalue weighted by atomic mass is 9.61. The topological polar surface area (TPSA) is 72.2 Å². The summed E-state index contributed by atoms with van der Waals surface area (Å²) in [5, 5.41) is 3.10. The van der Waals surface area contributed by atoms with Crippen LogP contribution in [0.25, 0.3) is 0 Å². The van der Waals surface area contributed by atoms with Crippen molar-refractivity contribution in [1.82, 2.24) is 5.32 Å². The molecule has 3 N–H and O–H groups in total. The summed E-state index contributed by atoms with van der Waals surface area (Å²) in [5.41, 5.74) is 4.92. The number of carbonyl (C=O) groups excluding carboxylic acids is 2. The summed E-state index contributed by atoms with van der Waals surface area (Å²) < 4.78 is 0. The molecule has 22 heavy (non-hydrogen) atoms. The zero-order chi connectivity index (χ0) is 16.4. The molecule has 2 aliphatic carbocycles. The van der Waals surface area contributed by atoms with Crippen molar-refractivity contribution >= 4 is 11.8 Å². The Labute approximate surface area is 134 Å². The molecule has 0 aliphatic heterocycles. The Kier molecular flexibility index (Phi) is 5.18. The lowest BCUT2D eigenvalue weighted by Gasteiger charge is -2.43. The van der Waals surface area contributed by atoms with E-state index in [1.54, 1.807) is 0 Å². The molecule has 2 aliphatic rings. The van der Waals surface area contributed by atoms with Gasteiger partial charge in [-0.05, 0) is 46.0 Å². The Bertz CT molecular complexity index is 415. The van der Waals surface area contributed by atoms with Gasteiger partial charge in [-0.2, -0.15) is 0 Å². The molecule has 1 atom stereocenters. The van der Waals surface area contributed by atoms with Crippen molar-refractivity contribution in [2.24, 2.45) is 23.0 Å². The summed E-state index contributed by atoms with van der Waals surface area (Å²) in [7, 11) is 0. The Morgan fingerprint density at radius 1 is 1.14 bits per heavy atom. The maximum absolute atomic E-state index is 12.9. The van der Waals surface area contributed by atoms with E-state index in [0.717, 1.165) is 38.5 Å². The van der Waals surface area contributed by atoms with Crippen LogP contribution in [0.3, 0.4) is 0 Å².